The van der Waals surface area contributed by atoms with Crippen molar-refractivity contribution in [1.29, 1.82) is 0 Å². The SMILES string of the molecule is CCN1CCC2CCC(C1)N2C(=O)C(=O)Nc1cn(Cc2ccccc2)nn1. The maximum Gasteiger partial charge on any atom is 0.315 e. The second kappa shape index (κ2) is 8.10. The van der Waals surface area contributed by atoms with Crippen molar-refractivity contribution < 1.29 is 9.59 Å². The highest BCUT2D eigenvalue weighted by Gasteiger charge is 2.41. The molecule has 2 unspecified atom stereocenters. The highest BCUT2D eigenvalue weighted by molar-refractivity contribution is 6.39. The van der Waals surface area contributed by atoms with Crippen molar-refractivity contribution in [2.45, 2.75) is 44.8 Å². The lowest BCUT2D eigenvalue weighted by atomic mass is 10.1. The van der Waals surface area contributed by atoms with Crippen LogP contribution in [0.1, 0.15) is 31.7 Å². The van der Waals surface area contributed by atoms with Crippen molar-refractivity contribution in [3.8, 4) is 0 Å². The summed E-state index contributed by atoms with van der Waals surface area (Å²) in [4.78, 5) is 29.6. The smallest absolute Gasteiger partial charge is 0.315 e. The molecule has 4 rings (SSSR count). The van der Waals surface area contributed by atoms with E-state index < -0.39 is 11.8 Å². The molecular weight excluding hydrogens is 356 g/mol. The van der Waals surface area contributed by atoms with Gasteiger partial charge in [-0.2, -0.15) is 0 Å². The van der Waals surface area contributed by atoms with Gasteiger partial charge in [-0.25, -0.2) is 4.68 Å². The van der Waals surface area contributed by atoms with Crippen molar-refractivity contribution in [3.63, 3.8) is 0 Å². The van der Waals surface area contributed by atoms with Crippen LogP contribution in [0.15, 0.2) is 36.5 Å². The summed E-state index contributed by atoms with van der Waals surface area (Å²) in [6, 6.07) is 10.2. The zero-order valence-corrected chi connectivity index (χ0v) is 16.1. The van der Waals surface area contributed by atoms with E-state index in [0.717, 1.165) is 44.5 Å². The number of aromatic nitrogens is 3. The Morgan fingerprint density at radius 2 is 1.93 bits per heavy atom. The van der Waals surface area contributed by atoms with Gasteiger partial charge in [-0.15, -0.1) is 5.10 Å². The normalized spacial score (nSPS) is 22.1. The van der Waals surface area contributed by atoms with Gasteiger partial charge in [-0.1, -0.05) is 42.5 Å². The fraction of sp³-hybridized carbons (Fsp3) is 0.500. The highest BCUT2D eigenvalue weighted by atomic mass is 16.2. The number of nitrogens with zero attached hydrogens (tertiary/aromatic N) is 5. The average Bonchev–Trinajstić information content (AvgIpc) is 3.25. The third kappa shape index (κ3) is 3.91. The summed E-state index contributed by atoms with van der Waals surface area (Å²) < 4.78 is 1.64. The first-order chi connectivity index (χ1) is 13.6. The van der Waals surface area contributed by atoms with Gasteiger partial charge < -0.3 is 9.80 Å². The molecule has 2 saturated heterocycles. The van der Waals surface area contributed by atoms with Crippen LogP contribution in [-0.2, 0) is 16.1 Å². The van der Waals surface area contributed by atoms with Gasteiger partial charge in [-0.05, 0) is 31.4 Å². The Morgan fingerprint density at radius 3 is 2.71 bits per heavy atom. The number of hydrogen-bond acceptors (Lipinski definition) is 5. The van der Waals surface area contributed by atoms with Crippen LogP contribution in [0, 0.1) is 0 Å². The molecule has 2 fully saturated rings. The minimum atomic E-state index is -0.631. The van der Waals surface area contributed by atoms with E-state index >= 15 is 0 Å². The molecule has 0 aliphatic carbocycles. The Bertz CT molecular complexity index is 836. The lowest BCUT2D eigenvalue weighted by molar-refractivity contribution is -0.145. The Labute approximate surface area is 164 Å². The van der Waals surface area contributed by atoms with Crippen LogP contribution in [0.4, 0.5) is 5.82 Å². The minimum absolute atomic E-state index is 0.125. The van der Waals surface area contributed by atoms with E-state index in [9.17, 15) is 9.59 Å². The fourth-order valence-electron chi connectivity index (χ4n) is 4.25. The lowest BCUT2D eigenvalue weighted by Crippen LogP contribution is -2.47. The topological polar surface area (TPSA) is 83.4 Å². The first-order valence-corrected chi connectivity index (χ1v) is 9.94. The molecule has 3 heterocycles. The Morgan fingerprint density at radius 1 is 1.14 bits per heavy atom. The minimum Gasteiger partial charge on any atom is -0.327 e. The maximum absolute atomic E-state index is 12.8. The predicted molar refractivity (Wildman–Crippen MR) is 105 cm³/mol. The van der Waals surface area contributed by atoms with Crippen LogP contribution < -0.4 is 5.32 Å². The Kier molecular flexibility index (Phi) is 5.38. The molecule has 2 amide bonds. The number of hydrogen-bond donors (Lipinski definition) is 1. The number of carbonyl (C=O) groups excluding carboxylic acids is 2. The quantitative estimate of drug-likeness (QED) is 0.807. The van der Waals surface area contributed by atoms with E-state index in [1.54, 1.807) is 15.8 Å². The number of rotatable bonds is 4. The first-order valence-electron chi connectivity index (χ1n) is 9.94. The number of fused-ring (bicyclic) bond motifs is 2. The highest BCUT2D eigenvalue weighted by Crippen LogP contribution is 2.30. The van der Waals surface area contributed by atoms with Gasteiger partial charge in [0.2, 0.25) is 0 Å². The molecule has 2 bridgehead atoms. The molecule has 2 aliphatic rings. The van der Waals surface area contributed by atoms with Gasteiger partial charge in [0.25, 0.3) is 0 Å². The van der Waals surface area contributed by atoms with Crippen LogP contribution in [-0.4, -0.2) is 68.3 Å². The molecule has 148 valence electrons. The molecule has 2 aromatic rings. The van der Waals surface area contributed by atoms with Gasteiger partial charge in [0, 0.05) is 25.2 Å². The monoisotopic (exact) mass is 382 g/mol. The molecular formula is C20H26N6O2. The largest absolute Gasteiger partial charge is 0.327 e. The van der Waals surface area contributed by atoms with Crippen LogP contribution >= 0.6 is 0 Å². The van der Waals surface area contributed by atoms with Gasteiger partial charge in [0.1, 0.15) is 0 Å². The summed E-state index contributed by atoms with van der Waals surface area (Å²) in [7, 11) is 0. The molecule has 0 saturated carbocycles. The summed E-state index contributed by atoms with van der Waals surface area (Å²) in [5.41, 5.74) is 1.09. The summed E-state index contributed by atoms with van der Waals surface area (Å²) in [5.74, 6) is -0.789. The third-order valence-electron chi connectivity index (χ3n) is 5.71. The van der Waals surface area contributed by atoms with Crippen molar-refractivity contribution in [2.75, 3.05) is 25.0 Å². The number of amides is 2. The molecule has 1 N–H and O–H groups in total. The molecule has 2 aliphatic heterocycles. The van der Waals surface area contributed by atoms with E-state index in [0.29, 0.717) is 12.4 Å². The maximum atomic E-state index is 12.8. The zero-order chi connectivity index (χ0) is 19.5. The summed E-state index contributed by atoms with van der Waals surface area (Å²) in [5, 5.41) is 10.6. The number of carbonyl (C=O) groups is 2. The third-order valence-corrected chi connectivity index (χ3v) is 5.71. The number of nitrogens with one attached hydrogen (secondary N) is 1. The number of likely N-dealkylation sites (N-methyl/N-ethyl adjacent to an activating group) is 1. The molecule has 1 aromatic carbocycles. The van der Waals surface area contributed by atoms with Gasteiger partial charge in [0.15, 0.2) is 5.82 Å². The summed E-state index contributed by atoms with van der Waals surface area (Å²) >= 11 is 0. The summed E-state index contributed by atoms with van der Waals surface area (Å²) in [6.07, 6.45) is 4.52. The van der Waals surface area contributed by atoms with Crippen LogP contribution in [0.2, 0.25) is 0 Å². The average molecular weight is 382 g/mol. The van der Waals surface area contributed by atoms with Gasteiger partial charge >= 0.3 is 11.8 Å². The van der Waals surface area contributed by atoms with E-state index in [1.807, 2.05) is 30.3 Å². The zero-order valence-electron chi connectivity index (χ0n) is 16.1. The molecule has 0 radical (unpaired) electrons. The van der Waals surface area contributed by atoms with Gasteiger partial charge in [-0.3, -0.25) is 14.9 Å². The number of anilines is 1. The molecule has 8 nitrogen and oxygen atoms in total. The van der Waals surface area contributed by atoms with E-state index in [2.05, 4.69) is 27.5 Å². The van der Waals surface area contributed by atoms with Crippen molar-refractivity contribution >= 4 is 17.6 Å². The summed E-state index contributed by atoms with van der Waals surface area (Å²) in [6.45, 7) is 5.50. The molecule has 2 atom stereocenters. The van der Waals surface area contributed by atoms with E-state index in [1.165, 1.54) is 0 Å². The second-order valence-corrected chi connectivity index (χ2v) is 7.52. The fourth-order valence-corrected chi connectivity index (χ4v) is 4.25. The van der Waals surface area contributed by atoms with Crippen LogP contribution in [0.3, 0.4) is 0 Å². The van der Waals surface area contributed by atoms with Crippen LogP contribution in [0.5, 0.6) is 0 Å². The molecule has 8 heteroatoms. The van der Waals surface area contributed by atoms with Crippen molar-refractivity contribution in [3.05, 3.63) is 42.1 Å². The van der Waals surface area contributed by atoms with E-state index in [4.69, 9.17) is 0 Å². The van der Waals surface area contributed by atoms with Crippen LogP contribution in [0.25, 0.3) is 0 Å². The Balaban J connectivity index is 1.39. The lowest BCUT2D eigenvalue weighted by Gasteiger charge is -2.28. The molecule has 28 heavy (non-hydrogen) atoms. The first kappa shape index (κ1) is 18.6. The predicted octanol–water partition coefficient (Wildman–Crippen LogP) is 1.35. The Hall–Kier alpha value is -2.74. The number of likely N-dealkylation sites (tertiary alicyclic amines) is 1. The number of benzene rings is 1. The van der Waals surface area contributed by atoms with Gasteiger partial charge in [0.05, 0.1) is 12.7 Å². The van der Waals surface area contributed by atoms with Crippen molar-refractivity contribution in [1.82, 2.24) is 24.8 Å². The van der Waals surface area contributed by atoms with Crippen molar-refractivity contribution in [2.24, 2.45) is 0 Å². The molecule has 0 spiro atoms. The molecule has 1 aromatic heterocycles. The van der Waals surface area contributed by atoms with E-state index in [-0.39, 0.29) is 12.1 Å². The standard InChI is InChI=1S/C20H26N6O2/c1-2-24-11-10-16-8-9-17(13-24)26(16)20(28)19(27)21-18-14-25(23-22-18)12-15-6-4-3-5-7-15/h3-7,14,16-17H,2,8-13H2,1H3,(H,21,27). The second-order valence-electron chi connectivity index (χ2n) is 7.52.